The van der Waals surface area contributed by atoms with Gasteiger partial charge in [-0.25, -0.2) is 4.39 Å². The molecule has 2 aromatic rings. The molecule has 1 saturated heterocycles. The predicted octanol–water partition coefficient (Wildman–Crippen LogP) is 2.39. The van der Waals surface area contributed by atoms with E-state index in [1.807, 2.05) is 12.1 Å². The first kappa shape index (κ1) is 16.7. The smallest absolute Gasteiger partial charge is 0.253 e. The molecule has 2 aliphatic rings. The highest BCUT2D eigenvalue weighted by atomic mass is 19.1. The molecular weight excluding hydrogens is 333 g/mol. The summed E-state index contributed by atoms with van der Waals surface area (Å²) in [7, 11) is 0. The highest BCUT2D eigenvalue weighted by Gasteiger charge is 2.61. The van der Waals surface area contributed by atoms with Gasteiger partial charge in [0.15, 0.2) is 0 Å². The average molecular weight is 353 g/mol. The third-order valence-corrected chi connectivity index (χ3v) is 5.49. The maximum absolute atomic E-state index is 13.0. The van der Waals surface area contributed by atoms with Crippen LogP contribution in [0.15, 0.2) is 48.8 Å². The molecule has 5 nitrogen and oxygen atoms in total. The highest BCUT2D eigenvalue weighted by molar-refractivity contribution is 5.94. The number of nitrogens with zero attached hydrogens (tertiary/aromatic N) is 2. The van der Waals surface area contributed by atoms with Gasteiger partial charge < -0.3 is 10.2 Å². The molecule has 0 bridgehead atoms. The molecule has 2 fully saturated rings. The lowest BCUT2D eigenvalue weighted by molar-refractivity contribution is -0.123. The summed E-state index contributed by atoms with van der Waals surface area (Å²) >= 11 is 0. The second kappa shape index (κ2) is 6.52. The van der Waals surface area contributed by atoms with Crippen LogP contribution in [0.4, 0.5) is 4.39 Å². The van der Waals surface area contributed by atoms with Crippen molar-refractivity contribution in [3.63, 3.8) is 0 Å². The van der Waals surface area contributed by atoms with Crippen LogP contribution in [0.2, 0.25) is 0 Å². The van der Waals surface area contributed by atoms with Crippen LogP contribution in [0.5, 0.6) is 0 Å². The highest BCUT2D eigenvalue weighted by Crippen LogP contribution is 2.58. The van der Waals surface area contributed by atoms with E-state index in [2.05, 4.69) is 10.3 Å². The van der Waals surface area contributed by atoms with Gasteiger partial charge in [0.1, 0.15) is 5.82 Å². The number of rotatable bonds is 4. The van der Waals surface area contributed by atoms with E-state index in [-0.39, 0.29) is 29.0 Å². The largest absolute Gasteiger partial charge is 0.352 e. The minimum Gasteiger partial charge on any atom is -0.352 e. The number of carbonyl (C=O) groups is 2. The zero-order chi connectivity index (χ0) is 18.1. The van der Waals surface area contributed by atoms with Gasteiger partial charge in [0.25, 0.3) is 5.91 Å². The summed E-state index contributed by atoms with van der Waals surface area (Å²) in [6.45, 7) is 1.73. The number of carbonyl (C=O) groups excluding carboxylic acids is 2. The summed E-state index contributed by atoms with van der Waals surface area (Å²) in [5.41, 5.74) is 1.42. The summed E-state index contributed by atoms with van der Waals surface area (Å²) in [6.07, 6.45) is 5.07. The Kier molecular flexibility index (Phi) is 4.18. The Morgan fingerprint density at radius 2 is 1.92 bits per heavy atom. The number of likely N-dealkylation sites (tertiary alicyclic amines) is 1. The van der Waals surface area contributed by atoms with Crippen molar-refractivity contribution in [3.8, 4) is 0 Å². The molecule has 134 valence electrons. The van der Waals surface area contributed by atoms with Crippen molar-refractivity contribution in [2.45, 2.75) is 19.4 Å². The molecule has 0 unspecified atom stereocenters. The normalized spacial score (nSPS) is 23.9. The SMILES string of the molecule is O=C(NCc1ccncc1)[C@H]1C[C@]12CCN(C(=O)c1ccc(F)cc1)C2. The van der Waals surface area contributed by atoms with Gasteiger partial charge in [0.2, 0.25) is 5.91 Å². The van der Waals surface area contributed by atoms with Crippen LogP contribution in [0.1, 0.15) is 28.8 Å². The number of benzene rings is 1. The number of pyridine rings is 1. The number of aromatic nitrogens is 1. The molecule has 2 heterocycles. The van der Waals surface area contributed by atoms with Crippen molar-refractivity contribution in [2.24, 2.45) is 11.3 Å². The molecular formula is C20H20FN3O2. The number of amides is 2. The van der Waals surface area contributed by atoms with E-state index in [1.165, 1.54) is 24.3 Å². The molecule has 1 aromatic heterocycles. The summed E-state index contributed by atoms with van der Waals surface area (Å²) in [5, 5.41) is 2.98. The fourth-order valence-electron chi connectivity index (χ4n) is 3.83. The van der Waals surface area contributed by atoms with E-state index in [0.29, 0.717) is 25.2 Å². The summed E-state index contributed by atoms with van der Waals surface area (Å²) in [6, 6.07) is 9.36. The Hall–Kier alpha value is -2.76. The second-order valence-electron chi connectivity index (χ2n) is 7.18. The van der Waals surface area contributed by atoms with Crippen molar-refractivity contribution < 1.29 is 14.0 Å². The van der Waals surface area contributed by atoms with Crippen LogP contribution in [-0.4, -0.2) is 34.8 Å². The maximum Gasteiger partial charge on any atom is 0.253 e. The van der Waals surface area contributed by atoms with E-state index in [1.54, 1.807) is 17.3 Å². The van der Waals surface area contributed by atoms with Gasteiger partial charge in [-0.2, -0.15) is 0 Å². The Balaban J connectivity index is 1.33. The van der Waals surface area contributed by atoms with Gasteiger partial charge in [0.05, 0.1) is 0 Å². The Labute approximate surface area is 151 Å². The van der Waals surface area contributed by atoms with E-state index in [0.717, 1.165) is 18.4 Å². The molecule has 1 aliphatic carbocycles. The molecule has 1 aromatic carbocycles. The zero-order valence-electron chi connectivity index (χ0n) is 14.3. The van der Waals surface area contributed by atoms with Crippen LogP contribution >= 0.6 is 0 Å². The van der Waals surface area contributed by atoms with Gasteiger partial charge in [-0.1, -0.05) is 0 Å². The number of nitrogens with one attached hydrogen (secondary N) is 1. The van der Waals surface area contributed by atoms with Crippen LogP contribution < -0.4 is 5.32 Å². The first-order valence-electron chi connectivity index (χ1n) is 8.79. The van der Waals surface area contributed by atoms with E-state index >= 15 is 0 Å². The molecule has 2 amide bonds. The maximum atomic E-state index is 13.0. The van der Waals surface area contributed by atoms with Crippen LogP contribution in [-0.2, 0) is 11.3 Å². The first-order valence-corrected chi connectivity index (χ1v) is 8.79. The van der Waals surface area contributed by atoms with Crippen molar-refractivity contribution in [1.82, 2.24) is 15.2 Å². The fourth-order valence-corrected chi connectivity index (χ4v) is 3.83. The van der Waals surface area contributed by atoms with Crippen molar-refractivity contribution in [3.05, 3.63) is 65.7 Å². The lowest BCUT2D eigenvalue weighted by Crippen LogP contribution is -2.31. The lowest BCUT2D eigenvalue weighted by atomic mass is 10.0. The topological polar surface area (TPSA) is 62.3 Å². The molecule has 1 saturated carbocycles. The third-order valence-electron chi connectivity index (χ3n) is 5.49. The molecule has 6 heteroatoms. The van der Waals surface area contributed by atoms with E-state index in [4.69, 9.17) is 0 Å². The quantitative estimate of drug-likeness (QED) is 0.918. The third kappa shape index (κ3) is 3.19. The monoisotopic (exact) mass is 353 g/mol. The van der Waals surface area contributed by atoms with E-state index in [9.17, 15) is 14.0 Å². The van der Waals surface area contributed by atoms with Crippen molar-refractivity contribution in [2.75, 3.05) is 13.1 Å². The van der Waals surface area contributed by atoms with Gasteiger partial charge in [-0.05, 0) is 54.8 Å². The summed E-state index contributed by atoms with van der Waals surface area (Å²) in [4.78, 5) is 30.8. The number of hydrogen-bond donors (Lipinski definition) is 1. The molecule has 1 aliphatic heterocycles. The zero-order valence-corrected chi connectivity index (χ0v) is 14.3. The van der Waals surface area contributed by atoms with Gasteiger partial charge >= 0.3 is 0 Å². The molecule has 1 spiro atoms. The summed E-state index contributed by atoms with van der Waals surface area (Å²) in [5.74, 6) is -0.425. The van der Waals surface area contributed by atoms with Crippen molar-refractivity contribution >= 4 is 11.8 Å². The molecule has 0 radical (unpaired) electrons. The van der Waals surface area contributed by atoms with E-state index < -0.39 is 0 Å². The number of halogens is 1. The predicted molar refractivity (Wildman–Crippen MR) is 93.5 cm³/mol. The van der Waals surface area contributed by atoms with Crippen LogP contribution in [0.25, 0.3) is 0 Å². The average Bonchev–Trinajstić information content (AvgIpc) is 3.20. The standard InChI is InChI=1S/C20H20FN3O2/c21-16-3-1-15(2-4-16)19(26)24-10-7-20(13-24)11-17(20)18(25)23-12-14-5-8-22-9-6-14/h1-6,8-9,17H,7,10-13H2,(H,23,25)/t17-,20+/m1/s1. The fraction of sp³-hybridized carbons (Fsp3) is 0.350. The van der Waals surface area contributed by atoms with Gasteiger partial charge in [-0.15, -0.1) is 0 Å². The molecule has 2 atom stereocenters. The van der Waals surface area contributed by atoms with Gasteiger partial charge in [-0.3, -0.25) is 14.6 Å². The summed E-state index contributed by atoms with van der Waals surface area (Å²) < 4.78 is 13.0. The minimum absolute atomic E-state index is 0.0321. The Bertz CT molecular complexity index is 825. The second-order valence-corrected chi connectivity index (χ2v) is 7.18. The molecule has 4 rings (SSSR count). The Morgan fingerprint density at radius 1 is 1.19 bits per heavy atom. The van der Waals surface area contributed by atoms with Crippen molar-refractivity contribution in [1.29, 1.82) is 0 Å². The minimum atomic E-state index is -0.354. The molecule has 26 heavy (non-hydrogen) atoms. The van der Waals surface area contributed by atoms with Gasteiger partial charge in [0, 0.05) is 48.9 Å². The number of hydrogen-bond acceptors (Lipinski definition) is 3. The lowest BCUT2D eigenvalue weighted by Gasteiger charge is -2.17. The van der Waals surface area contributed by atoms with Crippen LogP contribution in [0.3, 0.4) is 0 Å². The first-order chi connectivity index (χ1) is 12.6. The van der Waals surface area contributed by atoms with Crippen LogP contribution in [0, 0.1) is 17.2 Å². The Morgan fingerprint density at radius 3 is 2.65 bits per heavy atom. The molecule has 1 N–H and O–H groups in total.